The molecule has 1 fully saturated rings. The van der Waals surface area contributed by atoms with Gasteiger partial charge in [0, 0.05) is 44.2 Å². The predicted octanol–water partition coefficient (Wildman–Crippen LogP) is 2.55. The molecule has 0 saturated carbocycles. The molecule has 2 aromatic rings. The normalized spacial score (nSPS) is 15.7. The van der Waals surface area contributed by atoms with Crippen molar-refractivity contribution >= 4 is 35.0 Å². The molecule has 32 heavy (non-hydrogen) atoms. The van der Waals surface area contributed by atoms with Crippen LogP contribution in [0.1, 0.15) is 50.8 Å². The van der Waals surface area contributed by atoms with E-state index in [4.69, 9.17) is 0 Å². The molecule has 0 aliphatic carbocycles. The Morgan fingerprint density at radius 3 is 2.66 bits per heavy atom. The molecule has 3 N–H and O–H groups in total. The summed E-state index contributed by atoms with van der Waals surface area (Å²) in [4.78, 5) is 40.0. The van der Waals surface area contributed by atoms with E-state index < -0.39 is 0 Å². The number of carbonyl (C=O) groups excluding carboxylic acids is 3. The van der Waals surface area contributed by atoms with E-state index >= 15 is 0 Å². The van der Waals surface area contributed by atoms with Crippen LogP contribution in [0, 0.1) is 0 Å². The van der Waals surface area contributed by atoms with Gasteiger partial charge < -0.3 is 10.2 Å². The van der Waals surface area contributed by atoms with Crippen molar-refractivity contribution in [2.75, 3.05) is 22.9 Å². The van der Waals surface area contributed by atoms with E-state index in [-0.39, 0.29) is 17.8 Å². The standard InChI is InChI=1S/C22H29N7O3/c1-3-4-11-23-22(32)26-27-13-18-19(14-27)24-25-21(18)29(15(2)30)17-9-7-16(8-10-17)28-12-5-6-20(28)31/h7-10H,3-6,11-14H2,1-2H3,(H,24,25)(H2,23,26,32). The number of unbranched alkanes of at least 4 members (excludes halogenated alkanes) is 1. The highest BCUT2D eigenvalue weighted by Crippen LogP contribution is 2.34. The lowest BCUT2D eigenvalue weighted by molar-refractivity contribution is -0.117. The van der Waals surface area contributed by atoms with Crippen molar-refractivity contribution in [3.63, 3.8) is 0 Å². The first-order chi connectivity index (χ1) is 15.5. The summed E-state index contributed by atoms with van der Waals surface area (Å²) < 4.78 is 0. The fourth-order valence-corrected chi connectivity index (χ4v) is 4.11. The smallest absolute Gasteiger partial charge is 0.329 e. The first-order valence-electron chi connectivity index (χ1n) is 11.0. The number of H-pyrrole nitrogens is 1. The third kappa shape index (κ3) is 4.45. The SMILES string of the molecule is CCCCNC(=O)NN1Cc2[nH]nc(N(C(C)=O)c3ccc(N4CCCC4=O)cc3)c2C1. The fraction of sp³-hybridized carbons (Fsp3) is 0.455. The van der Waals surface area contributed by atoms with Gasteiger partial charge in [-0.25, -0.2) is 9.80 Å². The molecule has 10 nitrogen and oxygen atoms in total. The number of aromatic nitrogens is 2. The minimum Gasteiger partial charge on any atom is -0.337 e. The van der Waals surface area contributed by atoms with E-state index in [0.29, 0.717) is 37.6 Å². The second-order valence-corrected chi connectivity index (χ2v) is 8.10. The lowest BCUT2D eigenvalue weighted by Crippen LogP contribution is -2.45. The van der Waals surface area contributed by atoms with Gasteiger partial charge >= 0.3 is 6.03 Å². The molecule has 4 amide bonds. The van der Waals surface area contributed by atoms with Crippen molar-refractivity contribution in [2.24, 2.45) is 0 Å². The van der Waals surface area contributed by atoms with Gasteiger partial charge in [-0.2, -0.15) is 5.10 Å². The van der Waals surface area contributed by atoms with Crippen LogP contribution >= 0.6 is 0 Å². The summed E-state index contributed by atoms with van der Waals surface area (Å²) in [6.45, 7) is 5.83. The summed E-state index contributed by atoms with van der Waals surface area (Å²) in [7, 11) is 0. The van der Waals surface area contributed by atoms with Crippen molar-refractivity contribution in [3.8, 4) is 0 Å². The number of benzene rings is 1. The Hall–Kier alpha value is -3.40. The van der Waals surface area contributed by atoms with Gasteiger partial charge in [-0.05, 0) is 37.1 Å². The van der Waals surface area contributed by atoms with Gasteiger partial charge in [0.2, 0.25) is 11.8 Å². The minimum atomic E-state index is -0.242. The Morgan fingerprint density at radius 2 is 2.00 bits per heavy atom. The Balaban J connectivity index is 1.48. The predicted molar refractivity (Wildman–Crippen MR) is 120 cm³/mol. The third-order valence-electron chi connectivity index (χ3n) is 5.72. The van der Waals surface area contributed by atoms with E-state index in [1.54, 1.807) is 14.8 Å². The lowest BCUT2D eigenvalue weighted by atomic mass is 10.2. The third-order valence-corrected chi connectivity index (χ3v) is 5.72. The maximum absolute atomic E-state index is 12.6. The molecule has 1 saturated heterocycles. The van der Waals surface area contributed by atoms with Crippen molar-refractivity contribution < 1.29 is 14.4 Å². The summed E-state index contributed by atoms with van der Waals surface area (Å²) in [6.07, 6.45) is 3.38. The summed E-state index contributed by atoms with van der Waals surface area (Å²) >= 11 is 0. The number of hydrazine groups is 1. The summed E-state index contributed by atoms with van der Waals surface area (Å²) in [5, 5.41) is 12.0. The van der Waals surface area contributed by atoms with Gasteiger partial charge in [0.25, 0.3) is 0 Å². The zero-order valence-electron chi connectivity index (χ0n) is 18.5. The Labute approximate surface area is 186 Å². The first kappa shape index (κ1) is 21.8. The molecule has 3 heterocycles. The number of nitrogens with zero attached hydrogens (tertiary/aromatic N) is 4. The highest BCUT2D eigenvalue weighted by Gasteiger charge is 2.30. The first-order valence-corrected chi connectivity index (χ1v) is 11.0. The molecule has 10 heteroatoms. The molecule has 0 unspecified atom stereocenters. The number of carbonyl (C=O) groups is 3. The average Bonchev–Trinajstić information content (AvgIpc) is 3.46. The van der Waals surface area contributed by atoms with Crippen LogP contribution in [-0.4, -0.2) is 46.1 Å². The highest BCUT2D eigenvalue weighted by molar-refractivity contribution is 6.00. The van der Waals surface area contributed by atoms with E-state index in [1.807, 2.05) is 24.3 Å². The zero-order chi connectivity index (χ0) is 22.7. The highest BCUT2D eigenvalue weighted by atomic mass is 16.2. The van der Waals surface area contributed by atoms with Crippen molar-refractivity contribution in [1.29, 1.82) is 0 Å². The molecule has 2 aliphatic rings. The maximum atomic E-state index is 12.6. The minimum absolute atomic E-state index is 0.123. The molecule has 0 radical (unpaired) electrons. The van der Waals surface area contributed by atoms with Gasteiger partial charge in [0.15, 0.2) is 5.82 Å². The van der Waals surface area contributed by atoms with Crippen LogP contribution in [0.2, 0.25) is 0 Å². The molecule has 1 aromatic carbocycles. The van der Waals surface area contributed by atoms with Gasteiger partial charge in [0.05, 0.1) is 17.9 Å². The molecule has 170 valence electrons. The molecule has 4 rings (SSSR count). The molecule has 0 bridgehead atoms. The number of nitrogens with one attached hydrogen (secondary N) is 3. The van der Waals surface area contributed by atoms with Crippen molar-refractivity contribution in [2.45, 2.75) is 52.6 Å². The average molecular weight is 440 g/mol. The van der Waals surface area contributed by atoms with Crippen molar-refractivity contribution in [1.82, 2.24) is 25.9 Å². The van der Waals surface area contributed by atoms with Gasteiger partial charge in [-0.15, -0.1) is 0 Å². The molecule has 0 atom stereocenters. The quantitative estimate of drug-likeness (QED) is 0.574. The van der Waals surface area contributed by atoms with Gasteiger partial charge in [-0.3, -0.25) is 25.0 Å². The largest absolute Gasteiger partial charge is 0.337 e. The van der Waals surface area contributed by atoms with Crippen LogP contribution in [0.3, 0.4) is 0 Å². The van der Waals surface area contributed by atoms with Crippen LogP contribution in [0.4, 0.5) is 22.0 Å². The number of amides is 4. The van der Waals surface area contributed by atoms with E-state index in [2.05, 4.69) is 27.9 Å². The lowest BCUT2D eigenvalue weighted by Gasteiger charge is -2.22. The van der Waals surface area contributed by atoms with Crippen LogP contribution < -0.4 is 20.5 Å². The van der Waals surface area contributed by atoms with E-state index in [0.717, 1.165) is 42.8 Å². The second kappa shape index (κ2) is 9.39. The van der Waals surface area contributed by atoms with E-state index in [1.165, 1.54) is 6.92 Å². The molecule has 2 aliphatic heterocycles. The second-order valence-electron chi connectivity index (χ2n) is 8.10. The summed E-state index contributed by atoms with van der Waals surface area (Å²) in [5.74, 6) is 0.471. The van der Waals surface area contributed by atoms with E-state index in [9.17, 15) is 14.4 Å². The van der Waals surface area contributed by atoms with Crippen LogP contribution in [0.5, 0.6) is 0 Å². The van der Waals surface area contributed by atoms with Crippen molar-refractivity contribution in [3.05, 3.63) is 35.5 Å². The zero-order valence-corrected chi connectivity index (χ0v) is 18.5. The summed E-state index contributed by atoms with van der Waals surface area (Å²) in [5.41, 5.74) is 6.07. The van der Waals surface area contributed by atoms with Gasteiger partial charge in [-0.1, -0.05) is 13.3 Å². The number of aromatic amines is 1. The molecular weight excluding hydrogens is 410 g/mol. The number of rotatable bonds is 7. The number of fused-ring (bicyclic) bond motifs is 1. The number of anilines is 3. The fourth-order valence-electron chi connectivity index (χ4n) is 4.11. The topological polar surface area (TPSA) is 114 Å². The molecule has 1 aromatic heterocycles. The number of hydrogen-bond donors (Lipinski definition) is 3. The summed E-state index contributed by atoms with van der Waals surface area (Å²) in [6, 6.07) is 7.13. The molecular formula is C22H29N7O3. The van der Waals surface area contributed by atoms with Crippen LogP contribution in [-0.2, 0) is 22.7 Å². The maximum Gasteiger partial charge on any atom is 0.329 e. The van der Waals surface area contributed by atoms with Crippen LogP contribution in [0.15, 0.2) is 24.3 Å². The number of urea groups is 1. The Bertz CT molecular complexity index is 1000. The monoisotopic (exact) mass is 439 g/mol. The van der Waals surface area contributed by atoms with Crippen LogP contribution in [0.25, 0.3) is 0 Å². The Kier molecular flexibility index (Phi) is 6.40. The number of hydrogen-bond acceptors (Lipinski definition) is 5. The van der Waals surface area contributed by atoms with Gasteiger partial charge in [0.1, 0.15) is 0 Å². The molecule has 0 spiro atoms. The Morgan fingerprint density at radius 1 is 1.22 bits per heavy atom.